The molecule has 108 valence electrons. The van der Waals surface area contributed by atoms with Crippen LogP contribution in [0.3, 0.4) is 0 Å². The van der Waals surface area contributed by atoms with E-state index in [9.17, 15) is 0 Å². The SMILES string of the molecule is CC(C)CC(C)Oc1ncccc1CNC(C)(C)C. The van der Waals surface area contributed by atoms with Gasteiger partial charge in [-0.1, -0.05) is 19.9 Å². The van der Waals surface area contributed by atoms with Gasteiger partial charge in [0.1, 0.15) is 0 Å². The molecular weight excluding hydrogens is 236 g/mol. The molecule has 1 unspecified atom stereocenters. The minimum atomic E-state index is 0.0939. The fourth-order valence-corrected chi connectivity index (χ4v) is 1.93. The molecule has 0 saturated carbocycles. The van der Waals surface area contributed by atoms with Gasteiger partial charge in [-0.15, -0.1) is 0 Å². The first-order valence-electron chi connectivity index (χ1n) is 7.13. The molecule has 0 saturated heterocycles. The van der Waals surface area contributed by atoms with Crippen LogP contribution in [0, 0.1) is 5.92 Å². The highest BCUT2D eigenvalue weighted by atomic mass is 16.5. The molecule has 3 heteroatoms. The van der Waals surface area contributed by atoms with E-state index in [4.69, 9.17) is 4.74 Å². The van der Waals surface area contributed by atoms with Gasteiger partial charge in [-0.3, -0.25) is 0 Å². The minimum Gasteiger partial charge on any atom is -0.474 e. The third-order valence-corrected chi connectivity index (χ3v) is 2.78. The molecule has 19 heavy (non-hydrogen) atoms. The van der Waals surface area contributed by atoms with Crippen molar-refractivity contribution in [3.8, 4) is 5.88 Å². The zero-order valence-electron chi connectivity index (χ0n) is 13.2. The Morgan fingerprint density at radius 3 is 2.53 bits per heavy atom. The first-order valence-corrected chi connectivity index (χ1v) is 7.13. The average Bonchev–Trinajstić information content (AvgIpc) is 2.25. The third-order valence-electron chi connectivity index (χ3n) is 2.78. The molecule has 1 N–H and O–H groups in total. The standard InChI is InChI=1S/C16H28N2O/c1-12(2)10-13(3)19-15-14(8-7-9-17-15)11-18-16(4,5)6/h7-9,12-13,18H,10-11H2,1-6H3. The average molecular weight is 264 g/mol. The van der Waals surface area contributed by atoms with Crippen LogP contribution in [0.2, 0.25) is 0 Å². The number of nitrogens with one attached hydrogen (secondary N) is 1. The Balaban J connectivity index is 2.67. The summed E-state index contributed by atoms with van der Waals surface area (Å²) in [7, 11) is 0. The highest BCUT2D eigenvalue weighted by Crippen LogP contribution is 2.19. The van der Waals surface area contributed by atoms with Crippen LogP contribution in [0.15, 0.2) is 18.3 Å². The normalized spacial score (nSPS) is 13.6. The molecule has 0 radical (unpaired) electrons. The van der Waals surface area contributed by atoms with E-state index in [0.29, 0.717) is 5.92 Å². The maximum Gasteiger partial charge on any atom is 0.218 e. The predicted octanol–water partition coefficient (Wildman–Crippen LogP) is 3.78. The summed E-state index contributed by atoms with van der Waals surface area (Å²) in [4.78, 5) is 4.36. The van der Waals surface area contributed by atoms with Crippen molar-refractivity contribution in [1.29, 1.82) is 0 Å². The van der Waals surface area contributed by atoms with E-state index < -0.39 is 0 Å². The molecule has 1 aromatic rings. The van der Waals surface area contributed by atoms with E-state index in [-0.39, 0.29) is 11.6 Å². The number of hydrogen-bond donors (Lipinski definition) is 1. The molecule has 0 aliphatic carbocycles. The van der Waals surface area contributed by atoms with Crippen molar-refractivity contribution in [3.05, 3.63) is 23.9 Å². The van der Waals surface area contributed by atoms with Gasteiger partial charge in [0.25, 0.3) is 0 Å². The van der Waals surface area contributed by atoms with Crippen LogP contribution >= 0.6 is 0 Å². The fourth-order valence-electron chi connectivity index (χ4n) is 1.93. The van der Waals surface area contributed by atoms with Gasteiger partial charge in [0.15, 0.2) is 0 Å². The summed E-state index contributed by atoms with van der Waals surface area (Å²) in [6.45, 7) is 13.8. The molecule has 0 aliphatic rings. The summed E-state index contributed by atoms with van der Waals surface area (Å²) in [6.07, 6.45) is 3.03. The number of nitrogens with zero attached hydrogens (tertiary/aromatic N) is 1. The highest BCUT2D eigenvalue weighted by molar-refractivity contribution is 5.25. The topological polar surface area (TPSA) is 34.1 Å². The molecule has 0 bridgehead atoms. The second-order valence-corrected chi connectivity index (χ2v) is 6.63. The molecule has 0 aliphatic heterocycles. The minimum absolute atomic E-state index is 0.0939. The van der Waals surface area contributed by atoms with Gasteiger partial charge in [0.05, 0.1) is 6.10 Å². The van der Waals surface area contributed by atoms with Crippen molar-refractivity contribution in [2.24, 2.45) is 5.92 Å². The largest absolute Gasteiger partial charge is 0.474 e. The first kappa shape index (κ1) is 16.0. The molecule has 1 aromatic heterocycles. The van der Waals surface area contributed by atoms with Gasteiger partial charge in [0.2, 0.25) is 5.88 Å². The van der Waals surface area contributed by atoms with Crippen molar-refractivity contribution >= 4 is 0 Å². The number of hydrogen-bond acceptors (Lipinski definition) is 3. The molecule has 0 spiro atoms. The van der Waals surface area contributed by atoms with Gasteiger partial charge in [-0.2, -0.15) is 0 Å². The lowest BCUT2D eigenvalue weighted by molar-refractivity contribution is 0.183. The van der Waals surface area contributed by atoms with Crippen LogP contribution in [0.25, 0.3) is 0 Å². The van der Waals surface area contributed by atoms with Gasteiger partial charge < -0.3 is 10.1 Å². The van der Waals surface area contributed by atoms with Crippen molar-refractivity contribution in [3.63, 3.8) is 0 Å². The number of pyridine rings is 1. The van der Waals surface area contributed by atoms with Crippen LogP contribution in [-0.4, -0.2) is 16.6 Å². The molecule has 0 amide bonds. The van der Waals surface area contributed by atoms with Gasteiger partial charge in [-0.25, -0.2) is 4.98 Å². The second kappa shape index (κ2) is 6.90. The molecule has 1 atom stereocenters. The van der Waals surface area contributed by atoms with E-state index >= 15 is 0 Å². The number of aromatic nitrogens is 1. The van der Waals surface area contributed by atoms with Gasteiger partial charge in [0, 0.05) is 23.8 Å². The summed E-state index contributed by atoms with van der Waals surface area (Å²) in [5.74, 6) is 1.39. The highest BCUT2D eigenvalue weighted by Gasteiger charge is 2.13. The lowest BCUT2D eigenvalue weighted by Crippen LogP contribution is -2.35. The summed E-state index contributed by atoms with van der Waals surface area (Å²) >= 11 is 0. The summed E-state index contributed by atoms with van der Waals surface area (Å²) in [5.41, 5.74) is 1.21. The molecular formula is C16H28N2O. The van der Waals surface area contributed by atoms with E-state index in [0.717, 1.165) is 24.4 Å². The van der Waals surface area contributed by atoms with Crippen molar-refractivity contribution in [1.82, 2.24) is 10.3 Å². The van der Waals surface area contributed by atoms with Crippen LogP contribution in [0.1, 0.15) is 53.5 Å². The zero-order chi connectivity index (χ0) is 14.5. The fraction of sp³-hybridized carbons (Fsp3) is 0.688. The Labute approximate surface area is 117 Å². The monoisotopic (exact) mass is 264 g/mol. The lowest BCUT2D eigenvalue weighted by Gasteiger charge is -2.22. The Morgan fingerprint density at radius 1 is 1.26 bits per heavy atom. The summed E-state index contributed by atoms with van der Waals surface area (Å²) in [6, 6.07) is 4.03. The van der Waals surface area contributed by atoms with Crippen molar-refractivity contribution < 1.29 is 4.74 Å². The third kappa shape index (κ3) is 6.58. The molecule has 1 rings (SSSR count). The maximum atomic E-state index is 5.97. The Bertz CT molecular complexity index is 383. The Morgan fingerprint density at radius 2 is 1.95 bits per heavy atom. The molecule has 3 nitrogen and oxygen atoms in total. The van der Waals surface area contributed by atoms with Crippen LogP contribution in [-0.2, 0) is 6.54 Å². The Kier molecular flexibility index (Phi) is 5.80. The molecule has 0 fully saturated rings. The molecule has 0 aromatic carbocycles. The van der Waals surface area contributed by atoms with E-state index in [2.05, 4.69) is 57.9 Å². The van der Waals surface area contributed by atoms with Crippen molar-refractivity contribution in [2.45, 2.75) is 66.2 Å². The first-order chi connectivity index (χ1) is 8.78. The smallest absolute Gasteiger partial charge is 0.218 e. The summed E-state index contributed by atoms with van der Waals surface area (Å²) in [5, 5.41) is 3.47. The quantitative estimate of drug-likeness (QED) is 0.849. The van der Waals surface area contributed by atoms with Crippen LogP contribution in [0.5, 0.6) is 5.88 Å². The lowest BCUT2D eigenvalue weighted by atomic mass is 10.1. The number of rotatable bonds is 6. The molecule has 1 heterocycles. The van der Waals surface area contributed by atoms with E-state index in [1.165, 1.54) is 0 Å². The van der Waals surface area contributed by atoms with Crippen LogP contribution in [0.4, 0.5) is 0 Å². The summed E-state index contributed by atoms with van der Waals surface area (Å²) < 4.78 is 5.97. The predicted molar refractivity (Wildman–Crippen MR) is 80.4 cm³/mol. The number of ether oxygens (including phenoxy) is 1. The zero-order valence-corrected chi connectivity index (χ0v) is 13.2. The van der Waals surface area contributed by atoms with Gasteiger partial charge in [-0.05, 0) is 46.1 Å². The van der Waals surface area contributed by atoms with E-state index in [1.54, 1.807) is 6.20 Å². The van der Waals surface area contributed by atoms with Gasteiger partial charge >= 0.3 is 0 Å². The maximum absolute atomic E-state index is 5.97. The van der Waals surface area contributed by atoms with Crippen molar-refractivity contribution in [2.75, 3.05) is 0 Å². The van der Waals surface area contributed by atoms with E-state index in [1.807, 2.05) is 6.07 Å². The Hall–Kier alpha value is -1.09. The second-order valence-electron chi connectivity index (χ2n) is 6.63. The van der Waals surface area contributed by atoms with Crippen LogP contribution < -0.4 is 10.1 Å².